The smallest absolute Gasteiger partial charge is 0.191 e. The molecule has 0 spiro atoms. The van der Waals surface area contributed by atoms with Crippen molar-refractivity contribution in [1.29, 1.82) is 0 Å². The molecule has 0 atom stereocenters. The van der Waals surface area contributed by atoms with E-state index in [1.54, 1.807) is 11.3 Å². The van der Waals surface area contributed by atoms with Crippen LogP contribution in [0.4, 0.5) is 0 Å². The molecule has 0 aliphatic heterocycles. The fourth-order valence-corrected chi connectivity index (χ4v) is 3.06. The van der Waals surface area contributed by atoms with Crippen LogP contribution in [0.2, 0.25) is 0 Å². The minimum absolute atomic E-state index is 0.833. The zero-order valence-electron chi connectivity index (χ0n) is 13.4. The van der Waals surface area contributed by atoms with E-state index in [0.717, 1.165) is 55.3 Å². The molecule has 0 radical (unpaired) electrons. The number of hydrogen-bond donors (Lipinski definition) is 2. The van der Waals surface area contributed by atoms with Crippen LogP contribution in [-0.4, -0.2) is 55.1 Å². The normalized spacial score (nSPS) is 15.5. The summed E-state index contributed by atoms with van der Waals surface area (Å²) in [6.07, 6.45) is 3.68. The number of nitrogens with zero attached hydrogens (tertiary/aromatic N) is 3. The minimum Gasteiger partial charge on any atom is -0.356 e. The number of aliphatic imine (C=N–C) groups is 1. The van der Waals surface area contributed by atoms with Gasteiger partial charge in [-0.3, -0.25) is 9.89 Å². The highest BCUT2D eigenvalue weighted by Gasteiger charge is 2.27. The Morgan fingerprint density at radius 1 is 1.43 bits per heavy atom. The number of thiazole rings is 1. The first kappa shape index (κ1) is 16.2. The summed E-state index contributed by atoms with van der Waals surface area (Å²) in [5.41, 5.74) is 1.16. The number of aryl methyl sites for hydroxylation is 1. The lowest BCUT2D eigenvalue weighted by atomic mass is 10.3. The predicted octanol–water partition coefficient (Wildman–Crippen LogP) is 1.64. The third-order valence-corrected chi connectivity index (χ3v) is 4.55. The Morgan fingerprint density at radius 2 is 2.19 bits per heavy atom. The number of rotatable bonds is 8. The van der Waals surface area contributed by atoms with Crippen molar-refractivity contribution in [3.8, 4) is 0 Å². The molecule has 2 N–H and O–H groups in total. The van der Waals surface area contributed by atoms with E-state index in [2.05, 4.69) is 37.8 Å². The van der Waals surface area contributed by atoms with Crippen molar-refractivity contribution >= 4 is 17.3 Å². The second kappa shape index (κ2) is 8.34. The molecule has 2 rings (SSSR count). The zero-order valence-corrected chi connectivity index (χ0v) is 14.2. The first-order valence-corrected chi connectivity index (χ1v) is 8.70. The summed E-state index contributed by atoms with van der Waals surface area (Å²) in [6, 6.07) is 0.833. The van der Waals surface area contributed by atoms with Gasteiger partial charge in [-0.05, 0) is 26.3 Å². The Balaban J connectivity index is 1.61. The lowest BCUT2D eigenvalue weighted by molar-refractivity contribution is 0.282. The Hall–Kier alpha value is -1.14. The van der Waals surface area contributed by atoms with Crippen LogP contribution in [0.1, 0.15) is 30.5 Å². The third kappa shape index (κ3) is 5.63. The van der Waals surface area contributed by atoms with Crippen LogP contribution >= 0.6 is 11.3 Å². The fourth-order valence-electron chi connectivity index (χ4n) is 2.41. The molecule has 1 heterocycles. The molecular weight excluding hydrogens is 282 g/mol. The molecule has 118 valence electrons. The lowest BCUT2D eigenvalue weighted by Crippen LogP contribution is -2.42. The van der Waals surface area contributed by atoms with E-state index in [4.69, 9.17) is 0 Å². The summed E-state index contributed by atoms with van der Waals surface area (Å²) in [7, 11) is 1.82. The van der Waals surface area contributed by atoms with Crippen molar-refractivity contribution < 1.29 is 0 Å². The topological polar surface area (TPSA) is 52.5 Å². The number of aromatic nitrogens is 1. The van der Waals surface area contributed by atoms with Crippen LogP contribution in [0.5, 0.6) is 0 Å². The fraction of sp³-hybridized carbons (Fsp3) is 0.733. The van der Waals surface area contributed by atoms with Crippen LogP contribution in [0, 0.1) is 6.92 Å². The van der Waals surface area contributed by atoms with Crippen molar-refractivity contribution in [2.75, 3.05) is 33.2 Å². The van der Waals surface area contributed by atoms with Gasteiger partial charge in [0.1, 0.15) is 0 Å². The minimum atomic E-state index is 0.833. The van der Waals surface area contributed by atoms with Crippen molar-refractivity contribution in [2.45, 2.75) is 39.2 Å². The van der Waals surface area contributed by atoms with Crippen molar-refractivity contribution in [3.05, 3.63) is 16.1 Å². The summed E-state index contributed by atoms with van der Waals surface area (Å²) in [4.78, 5) is 11.3. The highest BCUT2D eigenvalue weighted by molar-refractivity contribution is 7.09. The van der Waals surface area contributed by atoms with Crippen LogP contribution in [-0.2, 0) is 6.42 Å². The van der Waals surface area contributed by atoms with E-state index >= 15 is 0 Å². The maximum absolute atomic E-state index is 4.47. The SMILES string of the molecule is CCN(CCNC(=NC)NCCc1csc(C)n1)C1CC1. The average molecular weight is 309 g/mol. The molecule has 1 aromatic rings. The van der Waals surface area contributed by atoms with E-state index in [0.29, 0.717) is 0 Å². The monoisotopic (exact) mass is 309 g/mol. The van der Waals surface area contributed by atoms with Gasteiger partial charge < -0.3 is 10.6 Å². The van der Waals surface area contributed by atoms with Gasteiger partial charge in [0.2, 0.25) is 0 Å². The summed E-state index contributed by atoms with van der Waals surface area (Å²) in [5.74, 6) is 0.883. The van der Waals surface area contributed by atoms with Crippen molar-refractivity contribution in [2.24, 2.45) is 4.99 Å². The van der Waals surface area contributed by atoms with Gasteiger partial charge in [0.25, 0.3) is 0 Å². The second-order valence-corrected chi connectivity index (χ2v) is 6.46. The molecule has 0 unspecified atom stereocenters. The van der Waals surface area contributed by atoms with E-state index in [-0.39, 0.29) is 0 Å². The van der Waals surface area contributed by atoms with Gasteiger partial charge in [0, 0.05) is 44.5 Å². The number of likely N-dealkylation sites (N-methyl/N-ethyl adjacent to an activating group) is 1. The highest BCUT2D eigenvalue weighted by atomic mass is 32.1. The van der Waals surface area contributed by atoms with Crippen molar-refractivity contribution in [3.63, 3.8) is 0 Å². The molecule has 0 aromatic carbocycles. The highest BCUT2D eigenvalue weighted by Crippen LogP contribution is 2.25. The molecule has 5 nitrogen and oxygen atoms in total. The third-order valence-electron chi connectivity index (χ3n) is 3.72. The Kier molecular flexibility index (Phi) is 6.45. The summed E-state index contributed by atoms with van der Waals surface area (Å²) < 4.78 is 0. The molecule has 1 aliphatic rings. The number of hydrogen-bond acceptors (Lipinski definition) is 4. The van der Waals surface area contributed by atoms with Crippen molar-refractivity contribution in [1.82, 2.24) is 20.5 Å². The second-order valence-electron chi connectivity index (χ2n) is 5.39. The molecule has 1 aliphatic carbocycles. The van der Waals surface area contributed by atoms with E-state index in [1.165, 1.54) is 12.8 Å². The summed E-state index contributed by atoms with van der Waals surface area (Å²) in [5, 5.41) is 10.00. The zero-order chi connectivity index (χ0) is 15.1. The quantitative estimate of drug-likeness (QED) is 0.566. The van der Waals surface area contributed by atoms with Crippen LogP contribution < -0.4 is 10.6 Å². The van der Waals surface area contributed by atoms with Crippen LogP contribution in [0.25, 0.3) is 0 Å². The molecule has 0 bridgehead atoms. The maximum Gasteiger partial charge on any atom is 0.191 e. The molecular formula is C15H27N5S. The molecule has 1 aromatic heterocycles. The van der Waals surface area contributed by atoms with Gasteiger partial charge in [-0.25, -0.2) is 4.98 Å². The van der Waals surface area contributed by atoms with Gasteiger partial charge in [0.05, 0.1) is 10.7 Å². The van der Waals surface area contributed by atoms with Gasteiger partial charge in [0.15, 0.2) is 5.96 Å². The van der Waals surface area contributed by atoms with Gasteiger partial charge in [-0.15, -0.1) is 11.3 Å². The molecule has 1 saturated carbocycles. The first-order valence-electron chi connectivity index (χ1n) is 7.82. The number of nitrogens with one attached hydrogen (secondary N) is 2. The van der Waals surface area contributed by atoms with E-state index in [1.807, 2.05) is 14.0 Å². The van der Waals surface area contributed by atoms with Crippen LogP contribution in [0.15, 0.2) is 10.4 Å². The molecule has 6 heteroatoms. The standard InChI is InChI=1S/C15H27N5S/c1-4-20(14-5-6-14)10-9-18-15(16-3)17-8-7-13-11-21-12(2)19-13/h11,14H,4-10H2,1-3H3,(H2,16,17,18). The van der Waals surface area contributed by atoms with Gasteiger partial charge in [-0.2, -0.15) is 0 Å². The summed E-state index contributed by atoms with van der Waals surface area (Å²) >= 11 is 1.71. The van der Waals surface area contributed by atoms with E-state index < -0.39 is 0 Å². The van der Waals surface area contributed by atoms with Crippen LogP contribution in [0.3, 0.4) is 0 Å². The van der Waals surface area contributed by atoms with Gasteiger partial charge in [-0.1, -0.05) is 6.92 Å². The number of guanidine groups is 1. The first-order chi connectivity index (χ1) is 10.2. The molecule has 0 saturated heterocycles. The molecule has 0 amide bonds. The van der Waals surface area contributed by atoms with Gasteiger partial charge >= 0.3 is 0 Å². The maximum atomic E-state index is 4.47. The Labute approximate surface area is 131 Å². The largest absolute Gasteiger partial charge is 0.356 e. The lowest BCUT2D eigenvalue weighted by Gasteiger charge is -2.20. The molecule has 1 fully saturated rings. The summed E-state index contributed by atoms with van der Waals surface area (Å²) in [6.45, 7) is 8.32. The Bertz CT molecular complexity index is 453. The Morgan fingerprint density at radius 3 is 2.76 bits per heavy atom. The molecule has 21 heavy (non-hydrogen) atoms. The van der Waals surface area contributed by atoms with E-state index in [9.17, 15) is 0 Å². The predicted molar refractivity (Wildman–Crippen MR) is 90.2 cm³/mol. The average Bonchev–Trinajstić information content (AvgIpc) is 3.24.